The van der Waals surface area contributed by atoms with E-state index in [2.05, 4.69) is 5.32 Å². The van der Waals surface area contributed by atoms with Crippen molar-refractivity contribution in [2.45, 2.75) is 26.8 Å². The lowest BCUT2D eigenvalue weighted by Crippen LogP contribution is -2.29. The summed E-state index contributed by atoms with van der Waals surface area (Å²) in [5.41, 5.74) is 3.15. The van der Waals surface area contributed by atoms with E-state index in [1.807, 2.05) is 56.3 Å². The molecular formula is C22H29NO4. The van der Waals surface area contributed by atoms with Gasteiger partial charge < -0.3 is 19.9 Å². The molecule has 0 amide bonds. The first-order valence-electron chi connectivity index (χ1n) is 9.20. The average molecular weight is 371 g/mol. The molecule has 2 aromatic rings. The van der Waals surface area contributed by atoms with E-state index in [1.165, 1.54) is 0 Å². The highest BCUT2D eigenvalue weighted by Crippen LogP contribution is 2.35. The summed E-state index contributed by atoms with van der Waals surface area (Å²) >= 11 is 0. The van der Waals surface area contributed by atoms with Crippen LogP contribution in [0.15, 0.2) is 42.5 Å². The summed E-state index contributed by atoms with van der Waals surface area (Å²) in [5.74, 6) is 0.514. The molecule has 2 aromatic carbocycles. The lowest BCUT2D eigenvalue weighted by Gasteiger charge is -2.18. The van der Waals surface area contributed by atoms with Gasteiger partial charge in [-0.3, -0.25) is 4.79 Å². The van der Waals surface area contributed by atoms with Gasteiger partial charge in [0.25, 0.3) is 0 Å². The molecule has 0 aliphatic rings. The van der Waals surface area contributed by atoms with E-state index >= 15 is 0 Å². The van der Waals surface area contributed by atoms with E-state index in [9.17, 15) is 9.90 Å². The number of carbonyl (C=O) groups is 1. The van der Waals surface area contributed by atoms with Crippen molar-refractivity contribution >= 4 is 5.97 Å². The molecule has 5 heteroatoms. The topological polar surface area (TPSA) is 67.8 Å². The standard InChI is InChI=1S/C22H29NO4/c1-15(2)10-18(22(24)25)14-23-13-17-11-20(26-3)21(27-4)12-19(17)16-8-6-5-7-9-16/h5-9,11-12,15,18,23H,10,13-14H2,1-4H3,(H,24,25). The highest BCUT2D eigenvalue weighted by Gasteiger charge is 2.19. The number of hydrogen-bond donors (Lipinski definition) is 2. The highest BCUT2D eigenvalue weighted by molar-refractivity contribution is 5.71. The van der Waals surface area contributed by atoms with Crippen LogP contribution in [0.5, 0.6) is 11.5 Å². The van der Waals surface area contributed by atoms with Crippen molar-refractivity contribution in [2.24, 2.45) is 11.8 Å². The molecule has 0 radical (unpaired) electrons. The summed E-state index contributed by atoms with van der Waals surface area (Å²) in [6, 6.07) is 14.0. The Morgan fingerprint density at radius 2 is 1.70 bits per heavy atom. The molecule has 0 aromatic heterocycles. The first-order chi connectivity index (χ1) is 13.0. The van der Waals surface area contributed by atoms with Crippen LogP contribution in [-0.2, 0) is 11.3 Å². The predicted octanol–water partition coefficient (Wildman–Crippen LogP) is 4.21. The maximum atomic E-state index is 11.5. The lowest BCUT2D eigenvalue weighted by atomic mass is 9.96. The van der Waals surface area contributed by atoms with Crippen molar-refractivity contribution in [1.29, 1.82) is 0 Å². The first-order valence-corrected chi connectivity index (χ1v) is 9.20. The van der Waals surface area contributed by atoms with E-state index in [0.717, 1.165) is 16.7 Å². The van der Waals surface area contributed by atoms with Crippen molar-refractivity contribution in [3.63, 3.8) is 0 Å². The summed E-state index contributed by atoms with van der Waals surface area (Å²) in [7, 11) is 3.23. The number of carboxylic acids is 1. The minimum Gasteiger partial charge on any atom is -0.493 e. The van der Waals surface area contributed by atoms with E-state index in [1.54, 1.807) is 14.2 Å². The number of carboxylic acid groups (broad SMARTS) is 1. The second-order valence-electron chi connectivity index (χ2n) is 7.03. The Labute approximate surface area is 161 Å². The lowest BCUT2D eigenvalue weighted by molar-refractivity contribution is -0.142. The van der Waals surface area contributed by atoms with Gasteiger partial charge in [-0.05, 0) is 41.2 Å². The molecule has 2 rings (SSSR count). The van der Waals surface area contributed by atoms with Crippen LogP contribution in [0.4, 0.5) is 0 Å². The zero-order valence-electron chi connectivity index (χ0n) is 16.5. The number of nitrogens with one attached hydrogen (secondary N) is 1. The number of aliphatic carboxylic acids is 1. The van der Waals surface area contributed by atoms with Crippen molar-refractivity contribution in [3.05, 3.63) is 48.0 Å². The summed E-state index contributed by atoms with van der Waals surface area (Å²) in [4.78, 5) is 11.5. The Balaban J connectivity index is 2.25. The van der Waals surface area contributed by atoms with Gasteiger partial charge in [0, 0.05) is 13.1 Å². The van der Waals surface area contributed by atoms with E-state index < -0.39 is 11.9 Å². The van der Waals surface area contributed by atoms with Crippen LogP contribution >= 0.6 is 0 Å². The van der Waals surface area contributed by atoms with Crippen LogP contribution in [0, 0.1) is 11.8 Å². The van der Waals surface area contributed by atoms with E-state index in [4.69, 9.17) is 9.47 Å². The largest absolute Gasteiger partial charge is 0.493 e. The van der Waals surface area contributed by atoms with Gasteiger partial charge in [-0.1, -0.05) is 44.2 Å². The molecule has 0 saturated heterocycles. The zero-order valence-corrected chi connectivity index (χ0v) is 16.5. The normalized spacial score (nSPS) is 12.0. The quantitative estimate of drug-likeness (QED) is 0.655. The smallest absolute Gasteiger partial charge is 0.307 e. The van der Waals surface area contributed by atoms with Crippen LogP contribution in [0.2, 0.25) is 0 Å². The molecule has 5 nitrogen and oxygen atoms in total. The molecule has 27 heavy (non-hydrogen) atoms. The molecule has 146 valence electrons. The Bertz CT molecular complexity index is 743. The number of hydrogen-bond acceptors (Lipinski definition) is 4. The third-order valence-corrected chi connectivity index (χ3v) is 4.51. The number of methoxy groups -OCH3 is 2. The Morgan fingerprint density at radius 1 is 1.07 bits per heavy atom. The molecule has 0 spiro atoms. The maximum Gasteiger partial charge on any atom is 0.307 e. The fourth-order valence-electron chi connectivity index (χ4n) is 3.18. The molecule has 1 atom stereocenters. The fraction of sp³-hybridized carbons (Fsp3) is 0.409. The van der Waals surface area contributed by atoms with Crippen molar-refractivity contribution in [2.75, 3.05) is 20.8 Å². The van der Waals surface area contributed by atoms with Gasteiger partial charge in [-0.15, -0.1) is 0 Å². The summed E-state index contributed by atoms with van der Waals surface area (Å²) in [5, 5.41) is 12.7. The van der Waals surface area contributed by atoms with E-state index in [0.29, 0.717) is 36.9 Å². The van der Waals surface area contributed by atoms with Crippen molar-refractivity contribution in [3.8, 4) is 22.6 Å². The second kappa shape index (κ2) is 9.97. The van der Waals surface area contributed by atoms with Gasteiger partial charge >= 0.3 is 5.97 Å². The minimum absolute atomic E-state index is 0.342. The Kier molecular flexibility index (Phi) is 7.67. The van der Waals surface area contributed by atoms with Gasteiger partial charge in [-0.25, -0.2) is 0 Å². The third kappa shape index (κ3) is 5.73. The van der Waals surface area contributed by atoms with Crippen LogP contribution in [0.3, 0.4) is 0 Å². The summed E-state index contributed by atoms with van der Waals surface area (Å²) in [6.45, 7) is 5.05. The molecule has 0 aliphatic carbocycles. The Morgan fingerprint density at radius 3 is 2.26 bits per heavy atom. The molecule has 1 unspecified atom stereocenters. The van der Waals surface area contributed by atoms with Gasteiger partial charge in [-0.2, -0.15) is 0 Å². The van der Waals surface area contributed by atoms with Gasteiger partial charge in [0.2, 0.25) is 0 Å². The fourth-order valence-corrected chi connectivity index (χ4v) is 3.18. The van der Waals surface area contributed by atoms with Crippen LogP contribution in [0.25, 0.3) is 11.1 Å². The summed E-state index contributed by atoms with van der Waals surface area (Å²) < 4.78 is 10.9. The summed E-state index contributed by atoms with van der Waals surface area (Å²) in [6.07, 6.45) is 0.653. The third-order valence-electron chi connectivity index (χ3n) is 4.51. The first kappa shape index (κ1) is 20.8. The second-order valence-corrected chi connectivity index (χ2v) is 7.03. The van der Waals surface area contributed by atoms with Gasteiger partial charge in [0.05, 0.1) is 20.1 Å². The molecule has 0 heterocycles. The molecule has 0 bridgehead atoms. The molecule has 0 saturated carbocycles. The van der Waals surface area contributed by atoms with E-state index in [-0.39, 0.29) is 0 Å². The molecular weight excluding hydrogens is 342 g/mol. The highest BCUT2D eigenvalue weighted by atomic mass is 16.5. The van der Waals surface area contributed by atoms with Crippen LogP contribution in [0.1, 0.15) is 25.8 Å². The maximum absolute atomic E-state index is 11.5. The van der Waals surface area contributed by atoms with Crippen molar-refractivity contribution in [1.82, 2.24) is 5.32 Å². The van der Waals surface area contributed by atoms with Crippen LogP contribution in [-0.4, -0.2) is 31.8 Å². The predicted molar refractivity (Wildman–Crippen MR) is 107 cm³/mol. The van der Waals surface area contributed by atoms with Crippen molar-refractivity contribution < 1.29 is 19.4 Å². The molecule has 0 fully saturated rings. The monoisotopic (exact) mass is 371 g/mol. The zero-order chi connectivity index (χ0) is 19.8. The average Bonchev–Trinajstić information content (AvgIpc) is 2.66. The molecule has 2 N–H and O–H groups in total. The SMILES string of the molecule is COc1cc(CNCC(CC(C)C)C(=O)O)c(-c2ccccc2)cc1OC. The van der Waals surface area contributed by atoms with Gasteiger partial charge in [0.15, 0.2) is 11.5 Å². The number of benzene rings is 2. The molecule has 0 aliphatic heterocycles. The number of rotatable bonds is 10. The van der Waals surface area contributed by atoms with Crippen LogP contribution < -0.4 is 14.8 Å². The van der Waals surface area contributed by atoms with Gasteiger partial charge in [0.1, 0.15) is 0 Å². The minimum atomic E-state index is -0.758. The number of ether oxygens (including phenoxy) is 2. The Hall–Kier alpha value is -2.53.